The van der Waals surface area contributed by atoms with Crippen LogP contribution in [0, 0.1) is 5.41 Å². The number of nitrogens with two attached hydrogens (primary N) is 1. The van der Waals surface area contributed by atoms with Crippen LogP contribution in [-0.4, -0.2) is 85.5 Å². The van der Waals surface area contributed by atoms with E-state index in [0.29, 0.717) is 41.3 Å². The molecule has 0 radical (unpaired) electrons. The highest BCUT2D eigenvalue weighted by atomic mass is 32.2. The summed E-state index contributed by atoms with van der Waals surface area (Å²) in [7, 11) is 0. The first kappa shape index (κ1) is 28.3. The molecule has 226 valence electrons. The Bertz CT molecular complexity index is 1560. The Morgan fingerprint density at radius 2 is 1.98 bits per heavy atom. The lowest BCUT2D eigenvalue weighted by atomic mass is 9.73. The van der Waals surface area contributed by atoms with Gasteiger partial charge in [0.1, 0.15) is 17.3 Å². The molecule has 13 heteroatoms. The average Bonchev–Trinajstić information content (AvgIpc) is 3.45. The first-order chi connectivity index (χ1) is 20.7. The van der Waals surface area contributed by atoms with Crippen LogP contribution in [0.2, 0.25) is 0 Å². The van der Waals surface area contributed by atoms with E-state index in [0.717, 1.165) is 48.5 Å². The summed E-state index contributed by atoms with van der Waals surface area (Å²) >= 11 is 1.36. The molecule has 7 rings (SSSR count). The average molecular weight is 605 g/mol. The zero-order valence-electron chi connectivity index (χ0n) is 24.3. The summed E-state index contributed by atoms with van der Waals surface area (Å²) in [5.41, 5.74) is 8.51. The third kappa shape index (κ3) is 4.97. The fraction of sp³-hybridized carbons (Fsp3) is 0.500. The van der Waals surface area contributed by atoms with Gasteiger partial charge >= 0.3 is 6.03 Å². The van der Waals surface area contributed by atoms with Crippen LogP contribution in [0.25, 0.3) is 0 Å². The van der Waals surface area contributed by atoms with Gasteiger partial charge in [-0.25, -0.2) is 19.7 Å². The summed E-state index contributed by atoms with van der Waals surface area (Å²) in [5.74, 6) is 1.67. The number of pyridine rings is 2. The van der Waals surface area contributed by atoms with Crippen LogP contribution >= 0.6 is 11.8 Å². The topological polar surface area (TPSA) is 154 Å². The number of ether oxygens (including phenoxy) is 1. The molecule has 12 nitrogen and oxygen atoms in total. The Morgan fingerprint density at radius 3 is 2.72 bits per heavy atom. The molecule has 3 aliphatic heterocycles. The number of urea groups is 1. The monoisotopic (exact) mass is 604 g/mol. The molecule has 0 bridgehead atoms. The van der Waals surface area contributed by atoms with Crippen LogP contribution in [0.3, 0.4) is 0 Å². The van der Waals surface area contributed by atoms with Crippen molar-refractivity contribution < 1.29 is 19.7 Å². The normalized spacial score (nSPS) is 22.4. The highest BCUT2D eigenvalue weighted by Gasteiger charge is 2.47. The zero-order valence-corrected chi connectivity index (χ0v) is 25.1. The van der Waals surface area contributed by atoms with Crippen LogP contribution in [0.1, 0.15) is 49.7 Å². The maximum atomic E-state index is 13.3. The quantitative estimate of drug-likeness (QED) is 0.380. The molecule has 6 heterocycles. The third-order valence-electron chi connectivity index (χ3n) is 9.01. The lowest BCUT2D eigenvalue weighted by molar-refractivity contribution is 0.0513. The van der Waals surface area contributed by atoms with Crippen LogP contribution < -0.4 is 20.3 Å². The second-order valence-corrected chi connectivity index (χ2v) is 13.6. The molecule has 3 aromatic heterocycles. The summed E-state index contributed by atoms with van der Waals surface area (Å²) in [6.45, 7) is 5.70. The molecular formula is C30H36N8O4S. The number of piperidine rings is 1. The van der Waals surface area contributed by atoms with E-state index in [4.69, 9.17) is 20.4 Å². The van der Waals surface area contributed by atoms with E-state index in [1.807, 2.05) is 18.3 Å². The number of β-amino-alcohol motifs (C(OH)–C–C–N with tert-alkyl or cyclic N) is 1. The van der Waals surface area contributed by atoms with E-state index in [2.05, 4.69) is 20.9 Å². The molecule has 3 aromatic rings. The van der Waals surface area contributed by atoms with E-state index < -0.39 is 5.60 Å². The molecule has 1 aliphatic carbocycles. The van der Waals surface area contributed by atoms with Crippen molar-refractivity contribution in [2.24, 2.45) is 11.1 Å². The van der Waals surface area contributed by atoms with E-state index >= 15 is 0 Å². The molecule has 43 heavy (non-hydrogen) atoms. The number of carbonyl (C=O) groups is 1. The smallest absolute Gasteiger partial charge is 0.326 e. The fourth-order valence-corrected chi connectivity index (χ4v) is 7.80. The molecule has 4 aliphatic rings. The largest absolute Gasteiger partial charge is 0.486 e. The number of amides is 2. The van der Waals surface area contributed by atoms with Crippen molar-refractivity contribution in [2.45, 2.75) is 67.3 Å². The Morgan fingerprint density at radius 1 is 1.16 bits per heavy atom. The van der Waals surface area contributed by atoms with Gasteiger partial charge in [0, 0.05) is 43.8 Å². The van der Waals surface area contributed by atoms with Crippen molar-refractivity contribution in [3.05, 3.63) is 53.7 Å². The predicted molar refractivity (Wildman–Crippen MR) is 160 cm³/mol. The first-order valence-electron chi connectivity index (χ1n) is 14.7. The highest BCUT2D eigenvalue weighted by molar-refractivity contribution is 7.99. The van der Waals surface area contributed by atoms with Gasteiger partial charge in [-0.2, -0.15) is 0 Å². The molecule has 0 aromatic carbocycles. The van der Waals surface area contributed by atoms with E-state index in [-0.39, 0.29) is 36.7 Å². The molecule has 0 saturated carbocycles. The van der Waals surface area contributed by atoms with Gasteiger partial charge in [-0.15, -0.1) is 0 Å². The number of anilines is 2. The van der Waals surface area contributed by atoms with E-state index in [9.17, 15) is 15.0 Å². The Labute approximate surface area is 254 Å². The Kier molecular flexibility index (Phi) is 6.95. The molecule has 2 amide bonds. The highest BCUT2D eigenvalue weighted by Crippen LogP contribution is 2.50. The lowest BCUT2D eigenvalue weighted by Crippen LogP contribution is -2.45. The number of aliphatic hydroxyl groups excluding tert-OH is 1. The van der Waals surface area contributed by atoms with E-state index in [1.165, 1.54) is 11.8 Å². The number of aromatic nitrogens is 4. The van der Waals surface area contributed by atoms with Gasteiger partial charge in [-0.05, 0) is 56.2 Å². The summed E-state index contributed by atoms with van der Waals surface area (Å²) in [6, 6.07) is 5.49. The number of nitrogens with zero attached hydrogens (tertiary/aromatic N) is 7. The van der Waals surface area contributed by atoms with Crippen molar-refractivity contribution in [1.82, 2.24) is 24.8 Å². The number of aliphatic hydroxyl groups is 2. The number of rotatable bonds is 6. The van der Waals surface area contributed by atoms with Gasteiger partial charge in [-0.1, -0.05) is 17.8 Å². The minimum absolute atomic E-state index is 0.00269. The summed E-state index contributed by atoms with van der Waals surface area (Å²) in [6.07, 6.45) is 7.93. The van der Waals surface area contributed by atoms with Gasteiger partial charge in [0.15, 0.2) is 17.4 Å². The van der Waals surface area contributed by atoms with Crippen LogP contribution in [0.5, 0.6) is 5.75 Å². The van der Waals surface area contributed by atoms with Crippen molar-refractivity contribution >= 4 is 29.4 Å². The molecule has 2 saturated heterocycles. The minimum Gasteiger partial charge on any atom is -0.486 e. The Balaban J connectivity index is 1.07. The molecule has 1 unspecified atom stereocenters. The van der Waals surface area contributed by atoms with Gasteiger partial charge in [0.05, 0.1) is 35.9 Å². The van der Waals surface area contributed by atoms with Crippen LogP contribution in [0.4, 0.5) is 16.4 Å². The van der Waals surface area contributed by atoms with E-state index in [1.54, 1.807) is 36.0 Å². The van der Waals surface area contributed by atoms with Crippen molar-refractivity contribution in [3.8, 4) is 5.75 Å². The fourth-order valence-electron chi connectivity index (χ4n) is 6.94. The van der Waals surface area contributed by atoms with Gasteiger partial charge in [0.25, 0.3) is 0 Å². The van der Waals surface area contributed by atoms with Crippen molar-refractivity contribution in [1.29, 1.82) is 0 Å². The standard InChI is InChI=1S/C30H36N8O4S/c1-29(2,41)17-37-14-18-16-42-24-22(5-9-33-27(24)38(18)28(37)40)43-23-13-34-26(21(15-39)35-23)36-10-6-30(7-11-36)12-20-19(25(30)31)4-3-8-32-20/h3-5,8-9,13,18,25,39,41H,6-7,10-12,14-17,31H2,1-2H3/t18?,25-/m1/s1. The second-order valence-electron chi connectivity index (χ2n) is 12.6. The number of carbonyl (C=O) groups excluding carboxylic acids is 1. The maximum Gasteiger partial charge on any atom is 0.326 e. The zero-order chi connectivity index (χ0) is 29.9. The van der Waals surface area contributed by atoms with Crippen molar-refractivity contribution in [2.75, 3.05) is 42.6 Å². The van der Waals surface area contributed by atoms with Crippen LogP contribution in [0.15, 0.2) is 46.7 Å². The summed E-state index contributed by atoms with van der Waals surface area (Å²) in [4.78, 5) is 38.1. The van der Waals surface area contributed by atoms with Crippen LogP contribution in [-0.2, 0) is 13.0 Å². The van der Waals surface area contributed by atoms with Gasteiger partial charge in [0.2, 0.25) is 0 Å². The van der Waals surface area contributed by atoms with Gasteiger partial charge in [-0.3, -0.25) is 9.88 Å². The molecule has 1 spiro atoms. The summed E-state index contributed by atoms with van der Waals surface area (Å²) < 4.78 is 6.13. The SMILES string of the molecule is CC(C)(O)CN1CC2COc3c(Sc4cnc(N5CCC6(CC5)Cc5ncccc5[C@H]6N)c(CO)n4)ccnc3N2C1=O. The third-order valence-corrected chi connectivity index (χ3v) is 9.96. The minimum atomic E-state index is -1.00. The number of hydrogen-bond acceptors (Lipinski definition) is 11. The second kappa shape index (κ2) is 10.6. The van der Waals surface area contributed by atoms with Gasteiger partial charge < -0.3 is 30.5 Å². The molecule has 2 fully saturated rings. The number of hydrogen-bond donors (Lipinski definition) is 3. The first-order valence-corrected chi connectivity index (χ1v) is 15.5. The molecule has 4 N–H and O–H groups in total. The molecular weight excluding hydrogens is 568 g/mol. The lowest BCUT2D eigenvalue weighted by Gasteiger charge is -2.42. The number of fused-ring (bicyclic) bond motifs is 4. The van der Waals surface area contributed by atoms with Crippen molar-refractivity contribution in [3.63, 3.8) is 0 Å². The Hall–Kier alpha value is -3.52. The maximum absolute atomic E-state index is 13.3. The molecule has 2 atom stereocenters. The summed E-state index contributed by atoms with van der Waals surface area (Å²) in [5, 5.41) is 21.1. The predicted octanol–water partition coefficient (Wildman–Crippen LogP) is 2.53.